The van der Waals surface area contributed by atoms with Crippen molar-refractivity contribution in [3.05, 3.63) is 55.1 Å². The fourth-order valence-corrected chi connectivity index (χ4v) is 2.01. The van der Waals surface area contributed by atoms with E-state index in [1.54, 1.807) is 48.2 Å². The summed E-state index contributed by atoms with van der Waals surface area (Å²) < 4.78 is 5.15. The van der Waals surface area contributed by atoms with Gasteiger partial charge in [0.25, 0.3) is 5.91 Å². The molecular weight excluding hydrogens is 280 g/mol. The molecule has 0 aliphatic rings. The third-order valence-electron chi connectivity index (χ3n) is 3.08. The second-order valence-corrected chi connectivity index (χ2v) is 4.72. The van der Waals surface area contributed by atoms with Gasteiger partial charge in [0.15, 0.2) is 0 Å². The quantitative estimate of drug-likeness (QED) is 0.747. The lowest BCUT2D eigenvalue weighted by Gasteiger charge is -2.24. The molecule has 118 valence electrons. The lowest BCUT2D eigenvalue weighted by molar-refractivity contribution is -0.131. The Kier molecular flexibility index (Phi) is 6.89. The largest absolute Gasteiger partial charge is 0.496 e. The first kappa shape index (κ1) is 17.5. The Labute approximate surface area is 131 Å². The molecule has 2 amide bonds. The van der Waals surface area contributed by atoms with Gasteiger partial charge in [0.1, 0.15) is 11.8 Å². The molecule has 0 bridgehead atoms. The zero-order chi connectivity index (χ0) is 16.5. The van der Waals surface area contributed by atoms with Gasteiger partial charge < -0.3 is 15.0 Å². The Morgan fingerprint density at radius 1 is 1.27 bits per heavy atom. The topological polar surface area (TPSA) is 58.6 Å². The first-order valence-electron chi connectivity index (χ1n) is 6.99. The highest BCUT2D eigenvalue weighted by molar-refractivity contribution is 5.99. The van der Waals surface area contributed by atoms with Crippen LogP contribution in [0, 0.1) is 0 Å². The highest BCUT2D eigenvalue weighted by Crippen LogP contribution is 2.17. The van der Waals surface area contributed by atoms with E-state index in [1.807, 2.05) is 0 Å². The number of nitrogens with zero attached hydrogens (tertiary/aromatic N) is 1. The van der Waals surface area contributed by atoms with Crippen LogP contribution in [0.1, 0.15) is 17.3 Å². The smallest absolute Gasteiger partial charge is 0.255 e. The zero-order valence-electron chi connectivity index (χ0n) is 13.0. The Morgan fingerprint density at radius 3 is 2.41 bits per heavy atom. The summed E-state index contributed by atoms with van der Waals surface area (Å²) in [5, 5.41) is 2.69. The van der Waals surface area contributed by atoms with Gasteiger partial charge in [-0.25, -0.2) is 0 Å². The standard InChI is InChI=1S/C17H22N2O3/c1-5-11-19(12-6-2)17(21)13(3)18-16(20)14-9-7-8-10-15(14)22-4/h5-10,13H,1-2,11-12H2,3-4H3,(H,18,20). The number of benzene rings is 1. The lowest BCUT2D eigenvalue weighted by atomic mass is 10.1. The predicted molar refractivity (Wildman–Crippen MR) is 86.9 cm³/mol. The van der Waals surface area contributed by atoms with Gasteiger partial charge in [0, 0.05) is 13.1 Å². The highest BCUT2D eigenvalue weighted by atomic mass is 16.5. The van der Waals surface area contributed by atoms with Crippen LogP contribution < -0.4 is 10.1 Å². The van der Waals surface area contributed by atoms with E-state index in [4.69, 9.17) is 4.74 Å². The minimum absolute atomic E-state index is 0.192. The lowest BCUT2D eigenvalue weighted by Crippen LogP contribution is -2.47. The van der Waals surface area contributed by atoms with Gasteiger partial charge in [-0.1, -0.05) is 24.3 Å². The number of carbonyl (C=O) groups is 2. The number of hydrogen-bond acceptors (Lipinski definition) is 3. The molecule has 1 aromatic carbocycles. The molecular formula is C17H22N2O3. The van der Waals surface area contributed by atoms with Crippen LogP contribution in [0.4, 0.5) is 0 Å². The van der Waals surface area contributed by atoms with Gasteiger partial charge in [-0.2, -0.15) is 0 Å². The Morgan fingerprint density at radius 2 is 1.86 bits per heavy atom. The number of nitrogens with one attached hydrogen (secondary N) is 1. The third-order valence-corrected chi connectivity index (χ3v) is 3.08. The molecule has 0 aromatic heterocycles. The van der Waals surface area contributed by atoms with Gasteiger partial charge >= 0.3 is 0 Å². The molecule has 0 radical (unpaired) electrons. The molecule has 0 spiro atoms. The van der Waals surface area contributed by atoms with Crippen molar-refractivity contribution < 1.29 is 14.3 Å². The van der Waals surface area contributed by atoms with E-state index in [1.165, 1.54) is 7.11 Å². The summed E-state index contributed by atoms with van der Waals surface area (Å²) >= 11 is 0. The molecule has 22 heavy (non-hydrogen) atoms. The average molecular weight is 302 g/mol. The fraction of sp³-hybridized carbons (Fsp3) is 0.294. The number of amides is 2. The van der Waals surface area contributed by atoms with Crippen LogP contribution in [0.5, 0.6) is 5.75 Å². The van der Waals surface area contributed by atoms with Crippen molar-refractivity contribution in [2.45, 2.75) is 13.0 Å². The van der Waals surface area contributed by atoms with Crippen molar-refractivity contribution in [1.29, 1.82) is 0 Å². The number of methoxy groups -OCH3 is 1. The highest BCUT2D eigenvalue weighted by Gasteiger charge is 2.22. The zero-order valence-corrected chi connectivity index (χ0v) is 13.0. The van der Waals surface area contributed by atoms with Gasteiger partial charge in [0.05, 0.1) is 12.7 Å². The van der Waals surface area contributed by atoms with Crippen molar-refractivity contribution >= 4 is 11.8 Å². The Balaban J connectivity index is 2.79. The molecule has 0 aliphatic carbocycles. The van der Waals surface area contributed by atoms with E-state index in [2.05, 4.69) is 18.5 Å². The first-order chi connectivity index (χ1) is 10.5. The van der Waals surface area contributed by atoms with Crippen molar-refractivity contribution in [3.63, 3.8) is 0 Å². The normalized spacial score (nSPS) is 11.2. The van der Waals surface area contributed by atoms with Crippen LogP contribution in [0.15, 0.2) is 49.6 Å². The summed E-state index contributed by atoms with van der Waals surface area (Å²) in [6, 6.07) is 6.21. The summed E-state index contributed by atoms with van der Waals surface area (Å²) in [5.41, 5.74) is 0.392. The fourth-order valence-electron chi connectivity index (χ4n) is 2.01. The van der Waals surface area contributed by atoms with Crippen LogP contribution in [0.2, 0.25) is 0 Å². The molecule has 1 unspecified atom stereocenters. The predicted octanol–water partition coefficient (Wildman–Crippen LogP) is 2.01. The minimum Gasteiger partial charge on any atom is -0.496 e. The number of carbonyl (C=O) groups excluding carboxylic acids is 2. The SMILES string of the molecule is C=CCN(CC=C)C(=O)C(C)NC(=O)c1ccccc1OC. The number of para-hydroxylation sites is 1. The van der Waals surface area contributed by atoms with Crippen LogP contribution >= 0.6 is 0 Å². The summed E-state index contributed by atoms with van der Waals surface area (Å²) in [6.45, 7) is 9.70. The van der Waals surface area contributed by atoms with Crippen LogP contribution in [0.25, 0.3) is 0 Å². The van der Waals surface area contributed by atoms with E-state index < -0.39 is 6.04 Å². The maximum atomic E-state index is 12.3. The monoisotopic (exact) mass is 302 g/mol. The van der Waals surface area contributed by atoms with Crippen molar-refractivity contribution in [3.8, 4) is 5.75 Å². The van der Waals surface area contributed by atoms with E-state index in [0.717, 1.165) is 0 Å². The second-order valence-electron chi connectivity index (χ2n) is 4.72. The maximum Gasteiger partial charge on any atom is 0.255 e. The third kappa shape index (κ3) is 4.48. The van der Waals surface area contributed by atoms with Crippen LogP contribution in [-0.2, 0) is 4.79 Å². The van der Waals surface area contributed by atoms with E-state index in [0.29, 0.717) is 24.4 Å². The molecule has 0 saturated carbocycles. The number of rotatable bonds is 8. The Bertz CT molecular complexity index is 545. The van der Waals surface area contributed by atoms with E-state index in [9.17, 15) is 9.59 Å². The minimum atomic E-state index is -0.655. The summed E-state index contributed by atoms with van der Waals surface area (Å²) in [5.74, 6) is -0.0767. The van der Waals surface area contributed by atoms with E-state index >= 15 is 0 Å². The first-order valence-corrected chi connectivity index (χ1v) is 6.99. The molecule has 0 aliphatic heterocycles. The number of hydrogen-bond donors (Lipinski definition) is 1. The summed E-state index contributed by atoms with van der Waals surface area (Å²) in [7, 11) is 1.50. The summed E-state index contributed by atoms with van der Waals surface area (Å²) in [4.78, 5) is 26.2. The second kappa shape index (κ2) is 8.67. The number of ether oxygens (including phenoxy) is 1. The average Bonchev–Trinajstić information content (AvgIpc) is 2.53. The van der Waals surface area contributed by atoms with Crippen LogP contribution in [-0.4, -0.2) is 43.0 Å². The van der Waals surface area contributed by atoms with Gasteiger partial charge in [-0.15, -0.1) is 13.2 Å². The van der Waals surface area contributed by atoms with E-state index in [-0.39, 0.29) is 11.8 Å². The van der Waals surface area contributed by atoms with Gasteiger partial charge in [-0.05, 0) is 19.1 Å². The molecule has 5 heteroatoms. The van der Waals surface area contributed by atoms with Crippen molar-refractivity contribution in [2.75, 3.05) is 20.2 Å². The molecule has 5 nitrogen and oxygen atoms in total. The van der Waals surface area contributed by atoms with Crippen molar-refractivity contribution in [2.24, 2.45) is 0 Å². The Hall–Kier alpha value is -2.56. The van der Waals surface area contributed by atoms with Gasteiger partial charge in [0.2, 0.25) is 5.91 Å². The molecule has 1 N–H and O–H groups in total. The summed E-state index contributed by atoms with van der Waals surface area (Å²) in [6.07, 6.45) is 3.27. The molecule has 0 heterocycles. The van der Waals surface area contributed by atoms with Crippen LogP contribution in [0.3, 0.4) is 0 Å². The molecule has 0 saturated heterocycles. The molecule has 1 atom stereocenters. The van der Waals surface area contributed by atoms with Crippen molar-refractivity contribution in [1.82, 2.24) is 10.2 Å². The van der Waals surface area contributed by atoms with Gasteiger partial charge in [-0.3, -0.25) is 9.59 Å². The molecule has 1 rings (SSSR count). The molecule has 0 fully saturated rings. The molecule has 1 aromatic rings. The maximum absolute atomic E-state index is 12.3.